The average Bonchev–Trinajstić information content (AvgIpc) is 2.92. The second-order valence-corrected chi connectivity index (χ2v) is 7.81. The minimum absolute atomic E-state index is 0.230. The van der Waals surface area contributed by atoms with E-state index in [2.05, 4.69) is 72.6 Å². The number of hydrogen-bond donors (Lipinski definition) is 0. The quantitative estimate of drug-likeness (QED) is 0.779. The summed E-state index contributed by atoms with van der Waals surface area (Å²) in [6.45, 7) is 1.26. The molecule has 0 bridgehead atoms. The summed E-state index contributed by atoms with van der Waals surface area (Å²) in [5.74, 6) is 0. The van der Waals surface area contributed by atoms with Crippen molar-refractivity contribution in [2.24, 2.45) is 0 Å². The van der Waals surface area contributed by atoms with E-state index in [1.54, 1.807) is 0 Å². The maximum absolute atomic E-state index is 2.54. The molecule has 1 nitrogen and oxygen atoms in total. The number of rotatable bonds is 4. The van der Waals surface area contributed by atoms with Crippen LogP contribution in [0.5, 0.6) is 0 Å². The lowest BCUT2D eigenvalue weighted by Crippen LogP contribution is -2.30. The van der Waals surface area contributed by atoms with Crippen molar-refractivity contribution in [1.29, 1.82) is 0 Å². The predicted molar refractivity (Wildman–Crippen MR) is 89.6 cm³/mol. The fourth-order valence-electron chi connectivity index (χ4n) is 3.00. The van der Waals surface area contributed by atoms with E-state index in [-0.39, 0.29) is 7.92 Å². The molecule has 1 atom stereocenters. The van der Waals surface area contributed by atoms with Gasteiger partial charge in [-0.05, 0) is 51.1 Å². The standard InChI is InChI=1S/C18H22NP/c1-19-14-8-9-16(19)15-20(17-10-4-2-5-11-17)18-12-6-3-7-13-18/h2-7,10-13,16H,8-9,14-15H2,1H3/t16-/m0/s1. The average molecular weight is 283 g/mol. The van der Waals surface area contributed by atoms with Gasteiger partial charge < -0.3 is 4.90 Å². The van der Waals surface area contributed by atoms with Gasteiger partial charge in [-0.3, -0.25) is 0 Å². The first kappa shape index (κ1) is 13.8. The molecule has 2 aromatic rings. The Kier molecular flexibility index (Phi) is 4.50. The molecule has 0 unspecified atom stereocenters. The van der Waals surface area contributed by atoms with E-state index in [0.29, 0.717) is 0 Å². The predicted octanol–water partition coefficient (Wildman–Crippen LogP) is 3.21. The lowest BCUT2D eigenvalue weighted by Gasteiger charge is -2.26. The summed E-state index contributed by atoms with van der Waals surface area (Å²) in [7, 11) is 2.05. The molecule has 1 saturated heterocycles. The molecule has 104 valence electrons. The molecule has 20 heavy (non-hydrogen) atoms. The van der Waals surface area contributed by atoms with Gasteiger partial charge in [-0.25, -0.2) is 0 Å². The van der Waals surface area contributed by atoms with Crippen LogP contribution in [0.25, 0.3) is 0 Å². The second kappa shape index (κ2) is 6.52. The fraction of sp³-hybridized carbons (Fsp3) is 0.333. The smallest absolute Gasteiger partial charge is 0.0138 e. The van der Waals surface area contributed by atoms with Gasteiger partial charge in [-0.2, -0.15) is 0 Å². The summed E-state index contributed by atoms with van der Waals surface area (Å²) < 4.78 is 0. The van der Waals surface area contributed by atoms with Crippen molar-refractivity contribution in [3.05, 3.63) is 60.7 Å². The maximum Gasteiger partial charge on any atom is 0.0138 e. The van der Waals surface area contributed by atoms with Gasteiger partial charge in [-0.15, -0.1) is 0 Å². The molecule has 1 heterocycles. The Balaban J connectivity index is 1.88. The Morgan fingerprint density at radius 1 is 0.950 bits per heavy atom. The van der Waals surface area contributed by atoms with Crippen molar-refractivity contribution in [3.63, 3.8) is 0 Å². The first-order chi connectivity index (χ1) is 9.84. The second-order valence-electron chi connectivity index (χ2n) is 5.56. The SMILES string of the molecule is CN1CCC[C@H]1CP(c1ccccc1)c1ccccc1. The zero-order valence-electron chi connectivity index (χ0n) is 12.1. The van der Waals surface area contributed by atoms with E-state index < -0.39 is 0 Å². The van der Waals surface area contributed by atoms with Gasteiger partial charge in [0.15, 0.2) is 0 Å². The Hall–Kier alpha value is -1.17. The fourth-order valence-corrected chi connectivity index (χ4v) is 5.66. The van der Waals surface area contributed by atoms with Crippen LogP contribution >= 0.6 is 7.92 Å². The largest absolute Gasteiger partial charge is 0.303 e. The molecule has 1 fully saturated rings. The molecule has 0 radical (unpaired) electrons. The first-order valence-electron chi connectivity index (χ1n) is 7.42. The Morgan fingerprint density at radius 2 is 1.50 bits per heavy atom. The van der Waals surface area contributed by atoms with E-state index in [9.17, 15) is 0 Å². The van der Waals surface area contributed by atoms with Gasteiger partial charge in [0.05, 0.1) is 0 Å². The van der Waals surface area contributed by atoms with Crippen molar-refractivity contribution in [3.8, 4) is 0 Å². The molecule has 2 aromatic carbocycles. The summed E-state index contributed by atoms with van der Waals surface area (Å²) in [5.41, 5.74) is 0. The lowest BCUT2D eigenvalue weighted by atomic mass is 10.2. The molecule has 0 aliphatic carbocycles. The molecular formula is C18H22NP. The third-order valence-electron chi connectivity index (χ3n) is 4.20. The topological polar surface area (TPSA) is 3.24 Å². The summed E-state index contributed by atoms with van der Waals surface area (Å²) in [4.78, 5) is 2.54. The number of benzene rings is 2. The van der Waals surface area contributed by atoms with Gasteiger partial charge in [-0.1, -0.05) is 60.7 Å². The Labute approximate surface area is 123 Å². The highest BCUT2D eigenvalue weighted by Gasteiger charge is 2.25. The van der Waals surface area contributed by atoms with Gasteiger partial charge in [0.2, 0.25) is 0 Å². The minimum atomic E-state index is -0.230. The summed E-state index contributed by atoms with van der Waals surface area (Å²) in [6, 6.07) is 22.9. The van der Waals surface area contributed by atoms with E-state index in [1.165, 1.54) is 36.2 Å². The van der Waals surface area contributed by atoms with Crippen molar-refractivity contribution >= 4 is 18.5 Å². The van der Waals surface area contributed by atoms with Crippen molar-refractivity contribution in [2.75, 3.05) is 19.8 Å². The lowest BCUT2D eigenvalue weighted by molar-refractivity contribution is 0.334. The van der Waals surface area contributed by atoms with Crippen LogP contribution in [0.2, 0.25) is 0 Å². The number of nitrogens with zero attached hydrogens (tertiary/aromatic N) is 1. The molecule has 0 amide bonds. The Morgan fingerprint density at radius 3 is 1.95 bits per heavy atom. The third kappa shape index (κ3) is 3.11. The van der Waals surface area contributed by atoms with E-state index >= 15 is 0 Å². The maximum atomic E-state index is 2.54. The van der Waals surface area contributed by atoms with E-state index in [4.69, 9.17) is 0 Å². The normalized spacial score (nSPS) is 19.6. The summed E-state index contributed by atoms with van der Waals surface area (Å²) in [5, 5.41) is 3.02. The molecule has 1 aliphatic rings. The van der Waals surface area contributed by atoms with Crippen LogP contribution in [0.15, 0.2) is 60.7 Å². The zero-order chi connectivity index (χ0) is 13.8. The van der Waals surface area contributed by atoms with Crippen LogP contribution in [-0.4, -0.2) is 30.7 Å². The molecular weight excluding hydrogens is 261 g/mol. The van der Waals surface area contributed by atoms with E-state index in [1.807, 2.05) is 0 Å². The van der Waals surface area contributed by atoms with Crippen molar-refractivity contribution < 1.29 is 0 Å². The van der Waals surface area contributed by atoms with Crippen LogP contribution in [0.3, 0.4) is 0 Å². The molecule has 0 saturated carbocycles. The third-order valence-corrected chi connectivity index (χ3v) is 6.83. The highest BCUT2D eigenvalue weighted by Crippen LogP contribution is 2.37. The van der Waals surface area contributed by atoms with Gasteiger partial charge in [0, 0.05) is 6.04 Å². The number of likely N-dealkylation sites (tertiary alicyclic amines) is 1. The van der Waals surface area contributed by atoms with Crippen LogP contribution in [-0.2, 0) is 0 Å². The van der Waals surface area contributed by atoms with E-state index in [0.717, 1.165) is 6.04 Å². The van der Waals surface area contributed by atoms with Gasteiger partial charge >= 0.3 is 0 Å². The van der Waals surface area contributed by atoms with Crippen molar-refractivity contribution in [2.45, 2.75) is 18.9 Å². The minimum Gasteiger partial charge on any atom is -0.303 e. The molecule has 0 N–H and O–H groups in total. The van der Waals surface area contributed by atoms with Gasteiger partial charge in [0.1, 0.15) is 0 Å². The van der Waals surface area contributed by atoms with Crippen molar-refractivity contribution in [1.82, 2.24) is 4.90 Å². The molecule has 3 rings (SSSR count). The summed E-state index contributed by atoms with van der Waals surface area (Å²) in [6.07, 6.45) is 4.00. The molecule has 1 aliphatic heterocycles. The highest BCUT2D eigenvalue weighted by molar-refractivity contribution is 7.73. The molecule has 2 heteroatoms. The van der Waals surface area contributed by atoms with Gasteiger partial charge in [0.25, 0.3) is 0 Å². The Bertz CT molecular complexity index is 486. The number of hydrogen-bond acceptors (Lipinski definition) is 1. The monoisotopic (exact) mass is 283 g/mol. The first-order valence-corrected chi connectivity index (χ1v) is 8.95. The summed E-state index contributed by atoms with van der Waals surface area (Å²) >= 11 is 0. The zero-order valence-corrected chi connectivity index (χ0v) is 13.0. The van der Waals surface area contributed by atoms with Crippen LogP contribution < -0.4 is 10.6 Å². The highest BCUT2D eigenvalue weighted by atomic mass is 31.1. The molecule has 0 aromatic heterocycles. The van der Waals surface area contributed by atoms with Crippen LogP contribution in [0.1, 0.15) is 12.8 Å². The molecule has 0 spiro atoms. The van der Waals surface area contributed by atoms with Crippen LogP contribution in [0.4, 0.5) is 0 Å². The van der Waals surface area contributed by atoms with Crippen LogP contribution in [0, 0.1) is 0 Å².